The molecule has 0 saturated heterocycles. The second kappa shape index (κ2) is 8.51. The van der Waals surface area contributed by atoms with Crippen LogP contribution in [-0.2, 0) is 0 Å². The molecule has 4 rings (SSSR count). The number of ether oxygens (including phenoxy) is 2. The van der Waals surface area contributed by atoms with Crippen LogP contribution in [-0.4, -0.2) is 14.2 Å². The molecule has 4 aromatic rings. The molecule has 0 N–H and O–H groups in total. The van der Waals surface area contributed by atoms with Gasteiger partial charge < -0.3 is 9.47 Å². The molecule has 29 heavy (non-hydrogen) atoms. The first kappa shape index (κ1) is 19.2. The number of hydrogen-bond donors (Lipinski definition) is 0. The summed E-state index contributed by atoms with van der Waals surface area (Å²) in [5, 5.41) is 5.23. The van der Waals surface area contributed by atoms with Crippen molar-refractivity contribution in [2.45, 2.75) is 0 Å². The molecule has 0 fully saturated rings. The van der Waals surface area contributed by atoms with Crippen LogP contribution in [0.2, 0.25) is 0 Å². The summed E-state index contributed by atoms with van der Waals surface area (Å²) in [7, 11) is 1.33. The van der Waals surface area contributed by atoms with Crippen LogP contribution in [0.3, 0.4) is 0 Å². The topological polar surface area (TPSA) is 18.5 Å². The lowest BCUT2D eigenvalue weighted by Crippen LogP contribution is -2.38. The quantitative estimate of drug-likeness (QED) is 0.450. The Hall–Kier alpha value is -3.09. The van der Waals surface area contributed by atoms with E-state index in [1.165, 1.54) is 21.2 Å². The van der Waals surface area contributed by atoms with Gasteiger partial charge in [0.15, 0.2) is 0 Å². The molecule has 0 saturated carbocycles. The predicted molar refractivity (Wildman–Crippen MR) is 124 cm³/mol. The Morgan fingerprint density at radius 2 is 0.724 bits per heavy atom. The Kier molecular flexibility index (Phi) is 5.64. The Bertz CT molecular complexity index is 954. The average molecular weight is 399 g/mol. The van der Waals surface area contributed by atoms with Crippen LogP contribution >= 0.6 is 7.26 Å². The zero-order valence-electron chi connectivity index (χ0n) is 16.7. The molecule has 0 aliphatic heterocycles. The molecule has 0 aliphatic rings. The summed E-state index contributed by atoms with van der Waals surface area (Å²) in [6.07, 6.45) is 0. The highest BCUT2D eigenvalue weighted by molar-refractivity contribution is 8.01. The van der Waals surface area contributed by atoms with Crippen molar-refractivity contribution >= 4 is 28.5 Å². The van der Waals surface area contributed by atoms with Gasteiger partial charge in [-0.3, -0.25) is 0 Å². The molecular formula is C26H24O2P+. The molecule has 0 aliphatic carbocycles. The van der Waals surface area contributed by atoms with Crippen molar-refractivity contribution in [3.05, 3.63) is 109 Å². The summed E-state index contributed by atoms with van der Waals surface area (Å²) < 4.78 is 10.9. The minimum Gasteiger partial charge on any atom is -0.497 e. The Labute approximate surface area is 173 Å². The summed E-state index contributed by atoms with van der Waals surface area (Å²) in [5.74, 6) is 1.73. The highest BCUT2D eigenvalue weighted by Crippen LogP contribution is 2.54. The molecule has 2 nitrogen and oxygen atoms in total. The fraction of sp³-hybridized carbons (Fsp3) is 0.0769. The van der Waals surface area contributed by atoms with Crippen LogP contribution in [0.15, 0.2) is 109 Å². The van der Waals surface area contributed by atoms with E-state index in [4.69, 9.17) is 9.47 Å². The van der Waals surface area contributed by atoms with Gasteiger partial charge in [-0.2, -0.15) is 0 Å². The van der Waals surface area contributed by atoms with Crippen LogP contribution in [0.4, 0.5) is 0 Å². The molecule has 0 aromatic heterocycles. The maximum atomic E-state index is 5.43. The van der Waals surface area contributed by atoms with Crippen molar-refractivity contribution < 1.29 is 9.47 Å². The molecule has 3 heteroatoms. The van der Waals surface area contributed by atoms with E-state index in [0.29, 0.717) is 0 Å². The number of benzene rings is 4. The lowest BCUT2D eigenvalue weighted by atomic mass is 10.3. The second-order valence-electron chi connectivity index (χ2n) is 6.74. The average Bonchev–Trinajstić information content (AvgIpc) is 2.82. The number of rotatable bonds is 6. The minimum atomic E-state index is -2.08. The van der Waals surface area contributed by atoms with Crippen molar-refractivity contribution in [2.24, 2.45) is 0 Å². The van der Waals surface area contributed by atoms with Gasteiger partial charge in [-0.1, -0.05) is 36.4 Å². The standard InChI is InChI=1S/C26H24O2P/c1-27-21-13-17-25(18-14-21)29(23-9-5-3-6-10-23,24-11-7-4-8-12-24)26-19-15-22(28-2)16-20-26/h3-20H,1-2H3/q+1. The highest BCUT2D eigenvalue weighted by atomic mass is 31.2. The SMILES string of the molecule is COc1ccc([P+](c2ccccc2)(c2ccccc2)c2ccc(OC)cc2)cc1. The third kappa shape index (κ3) is 3.52. The van der Waals surface area contributed by atoms with Crippen molar-refractivity contribution in [2.75, 3.05) is 14.2 Å². The van der Waals surface area contributed by atoms with Gasteiger partial charge in [0.1, 0.15) is 40.0 Å². The summed E-state index contributed by atoms with van der Waals surface area (Å²) in [6.45, 7) is 0. The van der Waals surface area contributed by atoms with E-state index in [2.05, 4.69) is 109 Å². The molecule has 4 aromatic carbocycles. The first-order valence-electron chi connectivity index (χ1n) is 9.58. The van der Waals surface area contributed by atoms with Crippen molar-refractivity contribution in [1.29, 1.82) is 0 Å². The van der Waals surface area contributed by atoms with Gasteiger partial charge in [-0.05, 0) is 72.8 Å². The van der Waals surface area contributed by atoms with Crippen molar-refractivity contribution in [1.82, 2.24) is 0 Å². The molecule has 0 atom stereocenters. The summed E-state index contributed by atoms with van der Waals surface area (Å²) in [5.41, 5.74) is 0. The monoisotopic (exact) mass is 399 g/mol. The lowest BCUT2D eigenvalue weighted by molar-refractivity contribution is 0.415. The maximum Gasteiger partial charge on any atom is 0.144 e. The predicted octanol–water partition coefficient (Wildman–Crippen LogP) is 4.32. The van der Waals surface area contributed by atoms with Crippen LogP contribution in [0.25, 0.3) is 0 Å². The zero-order chi connectivity index (χ0) is 20.1. The van der Waals surface area contributed by atoms with E-state index in [1.54, 1.807) is 14.2 Å². The third-order valence-electron chi connectivity index (χ3n) is 5.21. The smallest absolute Gasteiger partial charge is 0.144 e. The van der Waals surface area contributed by atoms with Gasteiger partial charge in [0.05, 0.1) is 14.2 Å². The number of hydrogen-bond acceptors (Lipinski definition) is 2. The van der Waals surface area contributed by atoms with Crippen molar-refractivity contribution in [3.8, 4) is 11.5 Å². The van der Waals surface area contributed by atoms with Gasteiger partial charge in [-0.25, -0.2) is 0 Å². The van der Waals surface area contributed by atoms with Gasteiger partial charge in [0.2, 0.25) is 0 Å². The first-order valence-corrected chi connectivity index (χ1v) is 11.4. The third-order valence-corrected chi connectivity index (χ3v) is 9.50. The molecule has 0 spiro atoms. The summed E-state index contributed by atoms with van der Waals surface area (Å²) >= 11 is 0. The molecule has 0 unspecified atom stereocenters. The number of methoxy groups -OCH3 is 2. The van der Waals surface area contributed by atoms with Crippen LogP contribution in [0, 0.1) is 0 Å². The Balaban J connectivity index is 2.06. The molecule has 144 valence electrons. The van der Waals surface area contributed by atoms with E-state index >= 15 is 0 Å². The Morgan fingerprint density at radius 1 is 0.414 bits per heavy atom. The van der Waals surface area contributed by atoms with Crippen molar-refractivity contribution in [3.63, 3.8) is 0 Å². The van der Waals surface area contributed by atoms with E-state index < -0.39 is 7.26 Å². The first-order chi connectivity index (χ1) is 14.3. The molecule has 0 bridgehead atoms. The molecule has 0 heterocycles. The Morgan fingerprint density at radius 3 is 1.03 bits per heavy atom. The summed E-state index contributed by atoms with van der Waals surface area (Å²) in [4.78, 5) is 0. The summed E-state index contributed by atoms with van der Waals surface area (Å²) in [6, 6.07) is 38.7. The fourth-order valence-corrected chi connectivity index (χ4v) is 8.03. The van der Waals surface area contributed by atoms with Gasteiger partial charge in [0, 0.05) is 0 Å². The van der Waals surface area contributed by atoms with E-state index in [1.807, 2.05) is 0 Å². The molecule has 0 radical (unpaired) electrons. The van der Waals surface area contributed by atoms with E-state index in [0.717, 1.165) is 11.5 Å². The minimum absolute atomic E-state index is 0.864. The van der Waals surface area contributed by atoms with Gasteiger partial charge in [-0.15, -0.1) is 0 Å². The normalized spacial score (nSPS) is 11.1. The highest BCUT2D eigenvalue weighted by Gasteiger charge is 2.47. The zero-order valence-corrected chi connectivity index (χ0v) is 17.6. The van der Waals surface area contributed by atoms with E-state index in [9.17, 15) is 0 Å². The van der Waals surface area contributed by atoms with Crippen LogP contribution < -0.4 is 30.7 Å². The van der Waals surface area contributed by atoms with Crippen LogP contribution in [0.5, 0.6) is 11.5 Å². The van der Waals surface area contributed by atoms with Crippen LogP contribution in [0.1, 0.15) is 0 Å². The lowest BCUT2D eigenvalue weighted by Gasteiger charge is -2.27. The molecular weight excluding hydrogens is 375 g/mol. The molecule has 0 amide bonds. The maximum absolute atomic E-state index is 5.43. The van der Waals surface area contributed by atoms with Gasteiger partial charge >= 0.3 is 0 Å². The fourth-order valence-electron chi connectivity index (χ4n) is 3.81. The van der Waals surface area contributed by atoms with E-state index in [-0.39, 0.29) is 0 Å². The second-order valence-corrected chi connectivity index (χ2v) is 10.1. The van der Waals surface area contributed by atoms with Gasteiger partial charge in [0.25, 0.3) is 0 Å². The largest absolute Gasteiger partial charge is 0.497 e.